The van der Waals surface area contributed by atoms with E-state index in [-0.39, 0.29) is 5.91 Å². The monoisotopic (exact) mass is 365 g/mol. The minimum Gasteiger partial charge on any atom is -0.495 e. The molecule has 3 aromatic rings. The standard InChI is InChI=1S/C21H23N3O3/c1-13(2)24-11-10-17-16(12-24)20(23-27-17)21(25)22-19-15-7-5-4-6-14(15)8-9-18(19)26-3/h4-9,13H,10-12H2,1-3H3,(H,22,25). The molecule has 0 saturated heterocycles. The van der Waals surface area contributed by atoms with Gasteiger partial charge in [-0.2, -0.15) is 0 Å². The predicted octanol–water partition coefficient (Wildman–Crippen LogP) is 3.86. The first-order valence-electron chi connectivity index (χ1n) is 9.17. The molecule has 27 heavy (non-hydrogen) atoms. The van der Waals surface area contributed by atoms with E-state index in [1.807, 2.05) is 36.4 Å². The van der Waals surface area contributed by atoms with Crippen molar-refractivity contribution in [3.8, 4) is 5.75 Å². The Morgan fingerprint density at radius 3 is 2.85 bits per heavy atom. The molecule has 6 heteroatoms. The second kappa shape index (κ2) is 7.04. The molecule has 0 radical (unpaired) electrons. The number of benzene rings is 2. The number of nitrogens with zero attached hydrogens (tertiary/aromatic N) is 2. The van der Waals surface area contributed by atoms with Crippen molar-refractivity contribution in [2.75, 3.05) is 19.0 Å². The smallest absolute Gasteiger partial charge is 0.278 e. The lowest BCUT2D eigenvalue weighted by Crippen LogP contribution is -2.36. The summed E-state index contributed by atoms with van der Waals surface area (Å²) in [6.45, 7) is 5.89. The molecule has 0 atom stereocenters. The highest BCUT2D eigenvalue weighted by molar-refractivity contribution is 6.10. The summed E-state index contributed by atoms with van der Waals surface area (Å²) in [5.41, 5.74) is 1.88. The van der Waals surface area contributed by atoms with Crippen LogP contribution in [0.5, 0.6) is 5.75 Å². The van der Waals surface area contributed by atoms with Crippen LogP contribution < -0.4 is 10.1 Å². The maximum atomic E-state index is 13.0. The number of carbonyl (C=O) groups is 1. The molecule has 0 bridgehead atoms. The predicted molar refractivity (Wildman–Crippen MR) is 104 cm³/mol. The van der Waals surface area contributed by atoms with E-state index < -0.39 is 0 Å². The average molecular weight is 365 g/mol. The van der Waals surface area contributed by atoms with Gasteiger partial charge in [0.15, 0.2) is 5.69 Å². The van der Waals surface area contributed by atoms with Crippen LogP contribution in [0.4, 0.5) is 5.69 Å². The summed E-state index contributed by atoms with van der Waals surface area (Å²) in [6.07, 6.45) is 0.769. The van der Waals surface area contributed by atoms with Crippen molar-refractivity contribution in [2.24, 2.45) is 0 Å². The quantitative estimate of drug-likeness (QED) is 0.760. The van der Waals surface area contributed by atoms with Crippen LogP contribution >= 0.6 is 0 Å². The molecule has 1 N–H and O–H groups in total. The summed E-state index contributed by atoms with van der Waals surface area (Å²) < 4.78 is 10.9. The first kappa shape index (κ1) is 17.5. The van der Waals surface area contributed by atoms with Gasteiger partial charge in [-0.15, -0.1) is 0 Å². The minimum atomic E-state index is -0.278. The number of amides is 1. The van der Waals surface area contributed by atoms with Crippen molar-refractivity contribution >= 4 is 22.4 Å². The number of ether oxygens (including phenoxy) is 1. The third kappa shape index (κ3) is 3.17. The van der Waals surface area contributed by atoms with Crippen LogP contribution in [0.2, 0.25) is 0 Å². The van der Waals surface area contributed by atoms with Gasteiger partial charge in [0.25, 0.3) is 5.91 Å². The van der Waals surface area contributed by atoms with Gasteiger partial charge in [0, 0.05) is 36.5 Å². The van der Waals surface area contributed by atoms with Crippen molar-refractivity contribution in [1.82, 2.24) is 10.1 Å². The molecule has 140 valence electrons. The molecule has 1 aromatic heterocycles. The number of carbonyl (C=O) groups excluding carboxylic acids is 1. The number of fused-ring (bicyclic) bond motifs is 2. The number of hydrogen-bond donors (Lipinski definition) is 1. The highest BCUT2D eigenvalue weighted by atomic mass is 16.5. The molecule has 6 nitrogen and oxygen atoms in total. The topological polar surface area (TPSA) is 67.6 Å². The van der Waals surface area contributed by atoms with Gasteiger partial charge in [0.1, 0.15) is 11.5 Å². The third-order valence-corrected chi connectivity index (χ3v) is 5.15. The van der Waals surface area contributed by atoms with Crippen LogP contribution in [0.1, 0.15) is 35.7 Å². The Kier molecular flexibility index (Phi) is 4.58. The first-order valence-corrected chi connectivity index (χ1v) is 9.17. The molecule has 1 amide bonds. The van der Waals surface area contributed by atoms with Crippen LogP contribution in [0.3, 0.4) is 0 Å². The fourth-order valence-corrected chi connectivity index (χ4v) is 3.57. The normalized spacial score (nSPS) is 14.4. The molecule has 0 unspecified atom stereocenters. The molecule has 1 aliphatic heterocycles. The zero-order valence-corrected chi connectivity index (χ0v) is 15.8. The number of rotatable bonds is 4. The largest absolute Gasteiger partial charge is 0.495 e. The molecule has 0 fully saturated rings. The lowest BCUT2D eigenvalue weighted by molar-refractivity contribution is 0.101. The third-order valence-electron chi connectivity index (χ3n) is 5.15. The maximum absolute atomic E-state index is 13.0. The fraction of sp³-hybridized carbons (Fsp3) is 0.333. The number of methoxy groups -OCH3 is 1. The highest BCUT2D eigenvalue weighted by Gasteiger charge is 2.29. The second-order valence-electron chi connectivity index (χ2n) is 7.07. The molecule has 0 spiro atoms. The SMILES string of the molecule is COc1ccc2ccccc2c1NC(=O)c1noc2c1CN(C(C)C)CC2. The van der Waals surface area contributed by atoms with Crippen LogP contribution in [0.25, 0.3) is 10.8 Å². The fourth-order valence-electron chi connectivity index (χ4n) is 3.57. The Morgan fingerprint density at radius 1 is 1.26 bits per heavy atom. The molecule has 0 aliphatic carbocycles. The van der Waals surface area contributed by atoms with Crippen LogP contribution in [-0.2, 0) is 13.0 Å². The summed E-state index contributed by atoms with van der Waals surface area (Å²) in [5, 5.41) is 9.02. The van der Waals surface area contributed by atoms with Crippen molar-refractivity contribution in [3.63, 3.8) is 0 Å². The van der Waals surface area contributed by atoms with E-state index in [9.17, 15) is 4.79 Å². The van der Waals surface area contributed by atoms with E-state index in [4.69, 9.17) is 9.26 Å². The van der Waals surface area contributed by atoms with E-state index in [0.717, 1.165) is 35.1 Å². The highest BCUT2D eigenvalue weighted by Crippen LogP contribution is 2.34. The maximum Gasteiger partial charge on any atom is 0.278 e. The summed E-state index contributed by atoms with van der Waals surface area (Å²) in [5.74, 6) is 1.14. The number of nitrogens with one attached hydrogen (secondary N) is 1. The Labute approximate surface area is 158 Å². The summed E-state index contributed by atoms with van der Waals surface area (Å²) in [4.78, 5) is 15.3. The Hall–Kier alpha value is -2.86. The molecular formula is C21H23N3O3. The van der Waals surface area contributed by atoms with Gasteiger partial charge >= 0.3 is 0 Å². The number of anilines is 1. The zero-order chi connectivity index (χ0) is 19.0. The van der Waals surface area contributed by atoms with Crippen molar-refractivity contribution in [2.45, 2.75) is 32.9 Å². The molecule has 2 aromatic carbocycles. The van der Waals surface area contributed by atoms with E-state index in [1.54, 1.807) is 7.11 Å². The van der Waals surface area contributed by atoms with Gasteiger partial charge in [-0.05, 0) is 25.3 Å². The van der Waals surface area contributed by atoms with E-state index in [2.05, 4.69) is 29.2 Å². The zero-order valence-electron chi connectivity index (χ0n) is 15.8. The first-order chi connectivity index (χ1) is 13.1. The Bertz CT molecular complexity index is 994. The number of aromatic nitrogens is 1. The van der Waals surface area contributed by atoms with Crippen molar-refractivity contribution < 1.29 is 14.1 Å². The molecule has 4 rings (SSSR count). The van der Waals surface area contributed by atoms with E-state index in [0.29, 0.717) is 29.7 Å². The average Bonchev–Trinajstić information content (AvgIpc) is 3.11. The van der Waals surface area contributed by atoms with E-state index >= 15 is 0 Å². The Morgan fingerprint density at radius 2 is 2.07 bits per heavy atom. The van der Waals surface area contributed by atoms with Gasteiger partial charge in [0.2, 0.25) is 0 Å². The molecule has 0 saturated carbocycles. The van der Waals surface area contributed by atoms with Gasteiger partial charge in [-0.3, -0.25) is 9.69 Å². The van der Waals surface area contributed by atoms with Crippen LogP contribution in [-0.4, -0.2) is 35.7 Å². The molecular weight excluding hydrogens is 342 g/mol. The summed E-state index contributed by atoms with van der Waals surface area (Å²) in [6, 6.07) is 12.1. The Balaban J connectivity index is 1.69. The second-order valence-corrected chi connectivity index (χ2v) is 7.07. The van der Waals surface area contributed by atoms with Crippen LogP contribution in [0, 0.1) is 0 Å². The lowest BCUT2D eigenvalue weighted by Gasteiger charge is -2.29. The van der Waals surface area contributed by atoms with Crippen molar-refractivity contribution in [1.29, 1.82) is 0 Å². The molecule has 2 heterocycles. The summed E-state index contributed by atoms with van der Waals surface area (Å²) >= 11 is 0. The molecule has 1 aliphatic rings. The lowest BCUT2D eigenvalue weighted by atomic mass is 10.0. The van der Waals surface area contributed by atoms with Gasteiger partial charge < -0.3 is 14.6 Å². The van der Waals surface area contributed by atoms with Gasteiger partial charge in [0.05, 0.1) is 12.8 Å². The van der Waals surface area contributed by atoms with E-state index in [1.165, 1.54) is 0 Å². The van der Waals surface area contributed by atoms with Gasteiger partial charge in [-0.1, -0.05) is 35.5 Å². The minimum absolute atomic E-state index is 0.278. The van der Waals surface area contributed by atoms with Crippen molar-refractivity contribution in [3.05, 3.63) is 53.4 Å². The van der Waals surface area contributed by atoms with Crippen LogP contribution in [0.15, 0.2) is 40.9 Å². The van der Waals surface area contributed by atoms with Gasteiger partial charge in [-0.25, -0.2) is 0 Å². The number of hydrogen-bond acceptors (Lipinski definition) is 5. The summed E-state index contributed by atoms with van der Waals surface area (Å²) in [7, 11) is 1.60.